The number of carbonyl (C=O) groups excluding carboxylic acids is 2. The van der Waals surface area contributed by atoms with Gasteiger partial charge in [0.05, 0.1) is 10.5 Å². The molecule has 29 heavy (non-hydrogen) atoms. The van der Waals surface area contributed by atoms with E-state index >= 15 is 0 Å². The lowest BCUT2D eigenvalue weighted by molar-refractivity contribution is -0.119. The minimum absolute atomic E-state index is 0.00738. The molecule has 156 valence electrons. The van der Waals surface area contributed by atoms with Crippen LogP contribution in [0.2, 0.25) is 0 Å². The van der Waals surface area contributed by atoms with Gasteiger partial charge in [0.1, 0.15) is 5.82 Å². The van der Waals surface area contributed by atoms with Crippen LogP contribution in [-0.2, 0) is 19.6 Å². The van der Waals surface area contributed by atoms with Gasteiger partial charge in [-0.2, -0.15) is 4.31 Å². The van der Waals surface area contributed by atoms with E-state index in [-0.39, 0.29) is 16.1 Å². The van der Waals surface area contributed by atoms with Crippen molar-refractivity contribution < 1.29 is 27.1 Å². The Hall–Kier alpha value is -2.78. The molecule has 2 rings (SSSR count). The molecular formula is C20H23FN2O5S. The van der Waals surface area contributed by atoms with E-state index < -0.39 is 34.3 Å². The third kappa shape index (κ3) is 5.61. The molecule has 0 heterocycles. The molecule has 0 atom stereocenters. The van der Waals surface area contributed by atoms with Gasteiger partial charge in [0.2, 0.25) is 10.0 Å². The molecule has 2 aromatic rings. The highest BCUT2D eigenvalue weighted by Gasteiger charge is 2.23. The molecular weight excluding hydrogens is 399 g/mol. The van der Waals surface area contributed by atoms with E-state index in [9.17, 15) is 22.4 Å². The largest absolute Gasteiger partial charge is 0.452 e. The van der Waals surface area contributed by atoms with E-state index in [1.54, 1.807) is 20.8 Å². The molecule has 0 unspecified atom stereocenters. The molecule has 0 aromatic heterocycles. The van der Waals surface area contributed by atoms with Crippen LogP contribution in [0.5, 0.6) is 0 Å². The van der Waals surface area contributed by atoms with Gasteiger partial charge in [-0.05, 0) is 42.8 Å². The number of benzene rings is 2. The predicted molar refractivity (Wildman–Crippen MR) is 107 cm³/mol. The number of halogens is 1. The highest BCUT2D eigenvalue weighted by Crippen LogP contribution is 2.18. The number of carbonyl (C=O) groups is 2. The number of anilines is 1. The van der Waals surface area contributed by atoms with Crippen molar-refractivity contribution in [3.63, 3.8) is 0 Å². The van der Waals surface area contributed by atoms with Crippen LogP contribution in [0.4, 0.5) is 10.1 Å². The Labute approximate surface area is 169 Å². The maximum atomic E-state index is 13.3. The van der Waals surface area contributed by atoms with Crippen LogP contribution in [0.3, 0.4) is 0 Å². The number of hydrogen-bond acceptors (Lipinski definition) is 5. The molecule has 0 saturated heterocycles. The zero-order chi connectivity index (χ0) is 21.6. The zero-order valence-corrected chi connectivity index (χ0v) is 17.3. The Kier molecular flexibility index (Phi) is 7.46. The smallest absolute Gasteiger partial charge is 0.338 e. The molecule has 0 saturated carbocycles. The molecule has 2 aromatic carbocycles. The second kappa shape index (κ2) is 9.62. The van der Waals surface area contributed by atoms with Gasteiger partial charge in [-0.15, -0.1) is 0 Å². The average molecular weight is 422 g/mol. The molecule has 0 fully saturated rings. The van der Waals surface area contributed by atoms with Crippen molar-refractivity contribution >= 4 is 27.6 Å². The van der Waals surface area contributed by atoms with Crippen molar-refractivity contribution in [3.05, 3.63) is 59.4 Å². The monoisotopic (exact) mass is 422 g/mol. The Morgan fingerprint density at radius 1 is 1.10 bits per heavy atom. The van der Waals surface area contributed by atoms with Crippen molar-refractivity contribution in [1.82, 2.24) is 4.31 Å². The summed E-state index contributed by atoms with van der Waals surface area (Å²) < 4.78 is 44.7. The summed E-state index contributed by atoms with van der Waals surface area (Å²) in [5, 5.41) is 2.46. The minimum Gasteiger partial charge on any atom is -0.452 e. The van der Waals surface area contributed by atoms with Gasteiger partial charge in [-0.3, -0.25) is 4.79 Å². The van der Waals surface area contributed by atoms with E-state index in [4.69, 9.17) is 4.74 Å². The summed E-state index contributed by atoms with van der Waals surface area (Å²) in [4.78, 5) is 24.2. The molecule has 0 spiro atoms. The molecule has 1 amide bonds. The first kappa shape index (κ1) is 22.5. The van der Waals surface area contributed by atoms with Gasteiger partial charge < -0.3 is 10.1 Å². The fraction of sp³-hybridized carbons (Fsp3) is 0.300. The highest BCUT2D eigenvalue weighted by atomic mass is 32.2. The minimum atomic E-state index is -3.73. The van der Waals surface area contributed by atoms with Crippen molar-refractivity contribution in [2.45, 2.75) is 25.7 Å². The first-order chi connectivity index (χ1) is 13.7. The third-order valence-electron chi connectivity index (χ3n) is 4.22. The summed E-state index contributed by atoms with van der Waals surface area (Å²) in [7, 11) is -3.73. The number of nitrogens with zero attached hydrogens (tertiary/aromatic N) is 1. The molecule has 0 aliphatic rings. The summed E-state index contributed by atoms with van der Waals surface area (Å²) in [5.74, 6) is -1.99. The van der Waals surface area contributed by atoms with E-state index in [0.29, 0.717) is 18.7 Å². The lowest BCUT2D eigenvalue weighted by Gasteiger charge is -2.18. The molecule has 7 nitrogen and oxygen atoms in total. The number of ether oxygens (including phenoxy) is 1. The average Bonchev–Trinajstić information content (AvgIpc) is 2.69. The van der Waals surface area contributed by atoms with Crippen LogP contribution in [0.1, 0.15) is 29.8 Å². The fourth-order valence-corrected chi connectivity index (χ4v) is 4.13. The standard InChI is InChI=1S/C20H23FN2O5S/c1-4-23(5-2)29(26,27)17-8-6-7-15(11-17)20(25)28-13-19(24)22-18-12-16(21)10-9-14(18)3/h6-12H,4-5,13H2,1-3H3,(H,22,24). The van der Waals surface area contributed by atoms with Crippen molar-refractivity contribution in [2.24, 2.45) is 0 Å². The summed E-state index contributed by atoms with van der Waals surface area (Å²) in [6.45, 7) is 5.14. The van der Waals surface area contributed by atoms with Crippen LogP contribution >= 0.6 is 0 Å². The third-order valence-corrected chi connectivity index (χ3v) is 6.27. The second-order valence-corrected chi connectivity index (χ2v) is 8.14. The van der Waals surface area contributed by atoms with Gasteiger partial charge in [0, 0.05) is 18.8 Å². The van der Waals surface area contributed by atoms with Gasteiger partial charge in [-0.25, -0.2) is 17.6 Å². The molecule has 0 bridgehead atoms. The lowest BCUT2D eigenvalue weighted by Crippen LogP contribution is -2.30. The maximum absolute atomic E-state index is 13.3. The summed E-state index contributed by atoms with van der Waals surface area (Å²) in [6.07, 6.45) is 0. The number of nitrogens with one attached hydrogen (secondary N) is 1. The fourth-order valence-electron chi connectivity index (χ4n) is 2.63. The number of amides is 1. The van der Waals surface area contributed by atoms with E-state index in [1.807, 2.05) is 0 Å². The summed E-state index contributed by atoms with van der Waals surface area (Å²) in [5.41, 5.74) is 0.937. The van der Waals surface area contributed by atoms with Gasteiger partial charge in [0.15, 0.2) is 6.61 Å². The van der Waals surface area contributed by atoms with Crippen molar-refractivity contribution in [2.75, 3.05) is 25.0 Å². The van der Waals surface area contributed by atoms with Gasteiger partial charge >= 0.3 is 5.97 Å². The van der Waals surface area contributed by atoms with Crippen LogP contribution in [0.25, 0.3) is 0 Å². The number of esters is 1. The molecule has 0 aliphatic heterocycles. The van der Waals surface area contributed by atoms with Crippen LogP contribution in [-0.4, -0.2) is 44.3 Å². The number of sulfonamides is 1. The molecule has 0 aliphatic carbocycles. The quantitative estimate of drug-likeness (QED) is 0.661. The zero-order valence-electron chi connectivity index (χ0n) is 16.4. The van der Waals surface area contributed by atoms with E-state index in [1.165, 1.54) is 40.7 Å². The highest BCUT2D eigenvalue weighted by molar-refractivity contribution is 7.89. The SMILES string of the molecule is CCN(CC)S(=O)(=O)c1cccc(C(=O)OCC(=O)Nc2cc(F)ccc2C)c1. The van der Waals surface area contributed by atoms with Crippen molar-refractivity contribution in [1.29, 1.82) is 0 Å². The molecule has 1 N–H and O–H groups in total. The van der Waals surface area contributed by atoms with Crippen LogP contribution < -0.4 is 5.32 Å². The molecule has 9 heteroatoms. The van der Waals surface area contributed by atoms with Gasteiger partial charge in [-0.1, -0.05) is 26.0 Å². The Balaban J connectivity index is 2.06. The Bertz CT molecular complexity index is 1000. The maximum Gasteiger partial charge on any atom is 0.338 e. The summed E-state index contributed by atoms with van der Waals surface area (Å²) >= 11 is 0. The van der Waals surface area contributed by atoms with Crippen LogP contribution in [0.15, 0.2) is 47.4 Å². The lowest BCUT2D eigenvalue weighted by atomic mass is 10.2. The predicted octanol–water partition coefficient (Wildman–Crippen LogP) is 2.96. The van der Waals surface area contributed by atoms with E-state index in [0.717, 1.165) is 6.07 Å². The van der Waals surface area contributed by atoms with Crippen LogP contribution in [0, 0.1) is 12.7 Å². The topological polar surface area (TPSA) is 92.8 Å². The van der Waals surface area contributed by atoms with E-state index in [2.05, 4.69) is 5.32 Å². The Morgan fingerprint density at radius 3 is 2.45 bits per heavy atom. The number of hydrogen-bond donors (Lipinski definition) is 1. The first-order valence-electron chi connectivity index (χ1n) is 9.02. The summed E-state index contributed by atoms with van der Waals surface area (Å²) in [6, 6.07) is 9.38. The number of rotatable bonds is 8. The first-order valence-corrected chi connectivity index (χ1v) is 10.5. The normalized spacial score (nSPS) is 11.3. The van der Waals surface area contributed by atoms with Crippen molar-refractivity contribution in [3.8, 4) is 0 Å². The Morgan fingerprint density at radius 2 is 1.79 bits per heavy atom. The second-order valence-electron chi connectivity index (χ2n) is 6.20. The number of aryl methyl sites for hydroxylation is 1. The molecule has 0 radical (unpaired) electrons. The van der Waals surface area contributed by atoms with Gasteiger partial charge in [0.25, 0.3) is 5.91 Å².